The highest BCUT2D eigenvalue weighted by Gasteiger charge is 2.62. The molecular formula is C21H30N2O2. The van der Waals surface area contributed by atoms with Crippen molar-refractivity contribution in [1.29, 1.82) is 0 Å². The molecule has 3 fully saturated rings. The molecule has 0 saturated carbocycles. The topological polar surface area (TPSA) is 41.6 Å². The third kappa shape index (κ3) is 3.11. The Labute approximate surface area is 150 Å². The molecule has 1 spiro atoms. The number of rotatable bonds is 4. The number of hydrogen-bond acceptors (Lipinski definition) is 3. The Balaban J connectivity index is 1.42. The van der Waals surface area contributed by atoms with Gasteiger partial charge in [-0.3, -0.25) is 9.69 Å². The van der Waals surface area contributed by atoms with Crippen LogP contribution >= 0.6 is 0 Å². The van der Waals surface area contributed by atoms with Crippen LogP contribution in [0, 0.1) is 17.3 Å². The van der Waals surface area contributed by atoms with Crippen LogP contribution in [0.25, 0.3) is 0 Å². The smallest absolute Gasteiger partial charge is 0.225 e. The lowest BCUT2D eigenvalue weighted by Crippen LogP contribution is -2.44. The first-order valence-corrected chi connectivity index (χ1v) is 9.60. The van der Waals surface area contributed by atoms with Gasteiger partial charge in [-0.2, -0.15) is 0 Å². The predicted molar refractivity (Wildman–Crippen MR) is 98.0 cm³/mol. The first-order valence-electron chi connectivity index (χ1n) is 9.60. The zero-order chi connectivity index (χ0) is 17.7. The molecule has 1 aromatic rings. The minimum atomic E-state index is -0.328. The first kappa shape index (κ1) is 17.0. The molecule has 25 heavy (non-hydrogen) atoms. The average Bonchev–Trinajstić information content (AvgIpc) is 3.20. The number of likely N-dealkylation sites (tertiary alicyclic amines) is 1. The number of ether oxygens (including phenoxy) is 1. The Hall–Kier alpha value is -1.39. The highest BCUT2D eigenvalue weighted by Crippen LogP contribution is 2.54. The van der Waals surface area contributed by atoms with Gasteiger partial charge in [0, 0.05) is 43.4 Å². The summed E-state index contributed by atoms with van der Waals surface area (Å²) in [4.78, 5) is 14.8. The standard InChI is InChI=1S/C21H30N2O2/c1-20(2,3)19(24)22-11-16-17-13-23(12-15-7-5-4-6-8-15)14-21(17)10-9-18(16)25-21/h4-8,16-18H,9-14H2,1-3H3,(H,22,24)/t16-,17+,18+,21+/m0/s1. The van der Waals surface area contributed by atoms with E-state index >= 15 is 0 Å². The van der Waals surface area contributed by atoms with Crippen molar-refractivity contribution >= 4 is 5.91 Å². The number of carbonyl (C=O) groups is 1. The highest BCUT2D eigenvalue weighted by atomic mass is 16.5. The van der Waals surface area contributed by atoms with Crippen molar-refractivity contribution < 1.29 is 9.53 Å². The summed E-state index contributed by atoms with van der Waals surface area (Å²) in [5.74, 6) is 1.15. The molecule has 1 amide bonds. The molecule has 136 valence electrons. The van der Waals surface area contributed by atoms with E-state index in [2.05, 4.69) is 40.5 Å². The molecule has 0 unspecified atom stereocenters. The summed E-state index contributed by atoms with van der Waals surface area (Å²) in [5, 5.41) is 3.19. The van der Waals surface area contributed by atoms with Gasteiger partial charge < -0.3 is 10.1 Å². The van der Waals surface area contributed by atoms with Crippen molar-refractivity contribution in [3.8, 4) is 0 Å². The van der Waals surface area contributed by atoms with Crippen LogP contribution in [0.5, 0.6) is 0 Å². The summed E-state index contributed by atoms with van der Waals surface area (Å²) in [5.41, 5.74) is 1.08. The number of hydrogen-bond donors (Lipinski definition) is 1. The van der Waals surface area contributed by atoms with E-state index in [0.29, 0.717) is 17.9 Å². The Bertz CT molecular complexity index is 639. The van der Waals surface area contributed by atoms with E-state index in [4.69, 9.17) is 4.74 Å². The van der Waals surface area contributed by atoms with E-state index in [1.165, 1.54) is 12.0 Å². The molecule has 3 saturated heterocycles. The van der Waals surface area contributed by atoms with Gasteiger partial charge in [0.2, 0.25) is 5.91 Å². The number of nitrogens with one attached hydrogen (secondary N) is 1. The van der Waals surface area contributed by atoms with Crippen molar-refractivity contribution in [2.24, 2.45) is 17.3 Å². The third-order valence-corrected chi connectivity index (χ3v) is 6.28. The molecule has 0 aliphatic carbocycles. The Morgan fingerprint density at radius 3 is 2.80 bits per heavy atom. The Morgan fingerprint density at radius 2 is 2.08 bits per heavy atom. The summed E-state index contributed by atoms with van der Waals surface area (Å²) < 4.78 is 6.49. The van der Waals surface area contributed by atoms with E-state index in [-0.39, 0.29) is 16.9 Å². The number of amides is 1. The highest BCUT2D eigenvalue weighted by molar-refractivity contribution is 5.81. The van der Waals surface area contributed by atoms with E-state index in [9.17, 15) is 4.79 Å². The van der Waals surface area contributed by atoms with Crippen LogP contribution in [0.3, 0.4) is 0 Å². The van der Waals surface area contributed by atoms with E-state index in [1.807, 2.05) is 20.8 Å². The molecule has 1 aromatic carbocycles. The molecule has 4 atom stereocenters. The molecular weight excluding hydrogens is 312 g/mol. The molecule has 0 aromatic heterocycles. The average molecular weight is 342 g/mol. The molecule has 4 heteroatoms. The number of carbonyl (C=O) groups excluding carboxylic acids is 1. The van der Waals surface area contributed by atoms with E-state index < -0.39 is 0 Å². The van der Waals surface area contributed by atoms with Crippen LogP contribution in [-0.2, 0) is 16.1 Å². The van der Waals surface area contributed by atoms with Crippen LogP contribution in [-0.4, -0.2) is 42.1 Å². The lowest BCUT2D eigenvalue weighted by molar-refractivity contribution is -0.128. The lowest BCUT2D eigenvalue weighted by atomic mass is 9.73. The summed E-state index contributed by atoms with van der Waals surface area (Å²) in [7, 11) is 0. The van der Waals surface area contributed by atoms with Crippen molar-refractivity contribution in [3.05, 3.63) is 35.9 Å². The maximum absolute atomic E-state index is 12.3. The van der Waals surface area contributed by atoms with Gasteiger partial charge in [-0.1, -0.05) is 51.1 Å². The number of nitrogens with zero attached hydrogens (tertiary/aromatic N) is 1. The molecule has 3 aliphatic heterocycles. The minimum absolute atomic E-state index is 0.0383. The molecule has 0 radical (unpaired) electrons. The summed E-state index contributed by atoms with van der Waals surface area (Å²) in [6, 6.07) is 10.7. The SMILES string of the molecule is CC(C)(C)C(=O)NC[C@H]1[C@H]2CN(Cc3ccccc3)C[C@]23CC[C@H]1O3. The summed E-state index contributed by atoms with van der Waals surface area (Å²) in [6.45, 7) is 9.78. The predicted octanol–water partition coefficient (Wildman–Crippen LogP) is 2.83. The summed E-state index contributed by atoms with van der Waals surface area (Å²) >= 11 is 0. The van der Waals surface area contributed by atoms with Crippen LogP contribution in [0.2, 0.25) is 0 Å². The van der Waals surface area contributed by atoms with Crippen LogP contribution in [0.1, 0.15) is 39.2 Å². The van der Waals surface area contributed by atoms with Crippen molar-refractivity contribution in [2.45, 2.75) is 51.9 Å². The van der Waals surface area contributed by atoms with Gasteiger partial charge in [-0.25, -0.2) is 0 Å². The fraction of sp³-hybridized carbons (Fsp3) is 0.667. The number of fused-ring (bicyclic) bond motifs is 1. The van der Waals surface area contributed by atoms with Gasteiger partial charge in [-0.05, 0) is 18.4 Å². The Morgan fingerprint density at radius 1 is 1.32 bits per heavy atom. The maximum Gasteiger partial charge on any atom is 0.225 e. The summed E-state index contributed by atoms with van der Waals surface area (Å²) in [6.07, 6.45) is 2.66. The van der Waals surface area contributed by atoms with Crippen molar-refractivity contribution in [3.63, 3.8) is 0 Å². The largest absolute Gasteiger partial charge is 0.370 e. The Kier molecular flexibility index (Phi) is 4.16. The second kappa shape index (κ2) is 6.10. The van der Waals surface area contributed by atoms with Crippen molar-refractivity contribution in [1.82, 2.24) is 10.2 Å². The molecule has 1 N–H and O–H groups in total. The van der Waals surface area contributed by atoms with Crippen LogP contribution < -0.4 is 5.32 Å². The first-order chi connectivity index (χ1) is 11.9. The molecule has 4 nitrogen and oxygen atoms in total. The van der Waals surface area contributed by atoms with Gasteiger partial charge >= 0.3 is 0 Å². The fourth-order valence-corrected chi connectivity index (χ4v) is 5.00. The lowest BCUT2D eigenvalue weighted by Gasteiger charge is -2.30. The van der Waals surface area contributed by atoms with Gasteiger partial charge in [0.15, 0.2) is 0 Å². The monoisotopic (exact) mass is 342 g/mol. The molecule has 3 heterocycles. The molecule has 4 rings (SSSR count). The van der Waals surface area contributed by atoms with Crippen LogP contribution in [0.15, 0.2) is 30.3 Å². The van der Waals surface area contributed by atoms with Gasteiger partial charge in [0.1, 0.15) is 0 Å². The number of benzene rings is 1. The van der Waals surface area contributed by atoms with Gasteiger partial charge in [0.25, 0.3) is 0 Å². The van der Waals surface area contributed by atoms with E-state index in [0.717, 1.165) is 32.6 Å². The zero-order valence-corrected chi connectivity index (χ0v) is 15.6. The second-order valence-corrected chi connectivity index (χ2v) is 9.15. The third-order valence-electron chi connectivity index (χ3n) is 6.28. The fourth-order valence-electron chi connectivity index (χ4n) is 5.00. The minimum Gasteiger partial charge on any atom is -0.370 e. The normalized spacial score (nSPS) is 34.3. The molecule has 3 aliphatic rings. The zero-order valence-electron chi connectivity index (χ0n) is 15.6. The van der Waals surface area contributed by atoms with Crippen molar-refractivity contribution in [2.75, 3.05) is 19.6 Å². The maximum atomic E-state index is 12.3. The van der Waals surface area contributed by atoms with Gasteiger partial charge in [0.05, 0.1) is 11.7 Å². The quantitative estimate of drug-likeness (QED) is 0.915. The molecule has 2 bridgehead atoms. The van der Waals surface area contributed by atoms with Crippen LogP contribution in [0.4, 0.5) is 0 Å². The van der Waals surface area contributed by atoms with E-state index in [1.54, 1.807) is 0 Å². The second-order valence-electron chi connectivity index (χ2n) is 9.15. The van der Waals surface area contributed by atoms with Gasteiger partial charge in [-0.15, -0.1) is 0 Å².